The van der Waals surface area contributed by atoms with Crippen LogP contribution >= 0.6 is 0 Å². The van der Waals surface area contributed by atoms with Crippen molar-refractivity contribution in [2.24, 2.45) is 11.8 Å². The van der Waals surface area contributed by atoms with Crippen LogP contribution in [0.1, 0.15) is 39.0 Å². The molecule has 120 valence electrons. The van der Waals surface area contributed by atoms with Gasteiger partial charge in [-0.15, -0.1) is 0 Å². The van der Waals surface area contributed by atoms with Crippen LogP contribution in [0.25, 0.3) is 0 Å². The molecule has 0 spiro atoms. The zero-order chi connectivity index (χ0) is 15.5. The van der Waals surface area contributed by atoms with Gasteiger partial charge in [0.05, 0.1) is 0 Å². The van der Waals surface area contributed by atoms with Gasteiger partial charge in [0, 0.05) is 6.54 Å². The van der Waals surface area contributed by atoms with Crippen LogP contribution in [-0.2, 0) is 4.79 Å². The lowest BCUT2D eigenvalue weighted by atomic mass is 9.94. The maximum atomic E-state index is 11.9. The third kappa shape index (κ3) is 4.33. The summed E-state index contributed by atoms with van der Waals surface area (Å²) < 4.78 is 0. The second-order valence-corrected chi connectivity index (χ2v) is 6.70. The topological polar surface area (TPSA) is 81.7 Å². The highest BCUT2D eigenvalue weighted by Crippen LogP contribution is 2.39. The Bertz CT molecular complexity index is 390. The first kappa shape index (κ1) is 16.1. The molecule has 0 radical (unpaired) electrons. The van der Waals surface area contributed by atoms with Gasteiger partial charge in [0.2, 0.25) is 0 Å². The average molecular weight is 297 g/mol. The Morgan fingerprint density at radius 2 is 1.86 bits per heavy atom. The summed E-state index contributed by atoms with van der Waals surface area (Å²) in [7, 11) is 2.13. The van der Waals surface area contributed by atoms with Crippen LogP contribution in [0.5, 0.6) is 0 Å². The lowest BCUT2D eigenvalue weighted by Gasteiger charge is -2.29. The zero-order valence-electron chi connectivity index (χ0n) is 13.0. The maximum Gasteiger partial charge on any atom is 0.329 e. The van der Waals surface area contributed by atoms with Gasteiger partial charge in [0.15, 0.2) is 0 Å². The third-order valence-corrected chi connectivity index (χ3v) is 4.89. The number of nitrogens with one attached hydrogen (secondary N) is 2. The van der Waals surface area contributed by atoms with Crippen molar-refractivity contribution in [3.8, 4) is 0 Å². The van der Waals surface area contributed by atoms with Crippen LogP contribution in [0.4, 0.5) is 4.79 Å². The van der Waals surface area contributed by atoms with E-state index >= 15 is 0 Å². The summed E-state index contributed by atoms with van der Waals surface area (Å²) in [5.41, 5.74) is -1.13. The highest BCUT2D eigenvalue weighted by molar-refractivity contribution is 5.86. The first-order chi connectivity index (χ1) is 9.91. The van der Waals surface area contributed by atoms with E-state index in [2.05, 4.69) is 22.6 Å². The molecule has 0 aromatic carbocycles. The minimum atomic E-state index is -1.13. The Balaban J connectivity index is 1.68. The van der Waals surface area contributed by atoms with Crippen molar-refractivity contribution in [2.75, 3.05) is 26.7 Å². The standard InChI is InChI=1S/C15H27N3O3/c1-15(13(19)20,12-3-4-12)17-14(21)16-8-5-11-6-9-18(2)10-7-11/h11-12H,3-10H2,1-2H3,(H,19,20)(H2,16,17,21). The molecule has 1 unspecified atom stereocenters. The number of nitrogens with zero attached hydrogens (tertiary/aromatic N) is 1. The number of amides is 2. The van der Waals surface area contributed by atoms with E-state index < -0.39 is 11.5 Å². The van der Waals surface area contributed by atoms with Crippen LogP contribution in [0, 0.1) is 11.8 Å². The molecule has 0 aromatic rings. The quantitative estimate of drug-likeness (QED) is 0.689. The second-order valence-electron chi connectivity index (χ2n) is 6.70. The van der Waals surface area contributed by atoms with Gasteiger partial charge in [-0.2, -0.15) is 0 Å². The number of hydrogen-bond acceptors (Lipinski definition) is 3. The molecule has 2 amide bonds. The molecule has 2 rings (SSSR count). The van der Waals surface area contributed by atoms with Crippen LogP contribution in [0.15, 0.2) is 0 Å². The summed E-state index contributed by atoms with van der Waals surface area (Å²) in [5, 5.41) is 14.7. The average Bonchev–Trinajstić information content (AvgIpc) is 3.25. The lowest BCUT2D eigenvalue weighted by Crippen LogP contribution is -2.56. The van der Waals surface area contributed by atoms with Gasteiger partial charge in [0.1, 0.15) is 5.54 Å². The number of carbonyl (C=O) groups is 2. The summed E-state index contributed by atoms with van der Waals surface area (Å²) >= 11 is 0. The van der Waals surface area contributed by atoms with E-state index in [9.17, 15) is 14.7 Å². The van der Waals surface area contributed by atoms with Gasteiger partial charge in [-0.25, -0.2) is 9.59 Å². The summed E-state index contributed by atoms with van der Waals surface area (Å²) in [4.78, 5) is 25.6. The Morgan fingerprint density at radius 3 is 2.38 bits per heavy atom. The van der Waals surface area contributed by atoms with Crippen molar-refractivity contribution in [3.63, 3.8) is 0 Å². The van der Waals surface area contributed by atoms with Gasteiger partial charge < -0.3 is 20.6 Å². The molecule has 3 N–H and O–H groups in total. The largest absolute Gasteiger partial charge is 0.480 e. The van der Waals surface area contributed by atoms with Gasteiger partial charge in [-0.3, -0.25) is 0 Å². The Hall–Kier alpha value is -1.30. The second kappa shape index (κ2) is 6.64. The first-order valence-electron chi connectivity index (χ1n) is 7.89. The predicted octanol–water partition coefficient (Wildman–Crippen LogP) is 1.27. The van der Waals surface area contributed by atoms with Crippen LogP contribution in [0.3, 0.4) is 0 Å². The molecule has 1 saturated heterocycles. The molecule has 2 aliphatic rings. The van der Waals surface area contributed by atoms with Gasteiger partial charge in [-0.05, 0) is 71.0 Å². The Labute approximate surface area is 126 Å². The van der Waals surface area contributed by atoms with Crippen molar-refractivity contribution in [1.82, 2.24) is 15.5 Å². The lowest BCUT2D eigenvalue weighted by molar-refractivity contribution is -0.144. The van der Waals surface area contributed by atoms with E-state index in [1.165, 1.54) is 12.8 Å². The molecular formula is C15H27N3O3. The zero-order valence-corrected chi connectivity index (χ0v) is 13.0. The Kier molecular flexibility index (Phi) is 5.08. The van der Waals surface area contributed by atoms with Crippen molar-refractivity contribution in [2.45, 2.75) is 44.6 Å². The summed E-state index contributed by atoms with van der Waals surface area (Å²) in [6.45, 7) is 4.45. The highest BCUT2D eigenvalue weighted by Gasteiger charge is 2.48. The van der Waals surface area contributed by atoms with E-state index in [1.54, 1.807) is 6.92 Å². The molecule has 1 heterocycles. The number of carboxylic acids is 1. The molecule has 6 heteroatoms. The number of hydrogen-bond donors (Lipinski definition) is 3. The number of aliphatic carboxylic acids is 1. The molecule has 1 aliphatic carbocycles. The fourth-order valence-corrected chi connectivity index (χ4v) is 3.01. The van der Waals surface area contributed by atoms with Crippen LogP contribution in [-0.4, -0.2) is 54.2 Å². The molecule has 0 aromatic heterocycles. The first-order valence-corrected chi connectivity index (χ1v) is 7.89. The van der Waals surface area contributed by atoms with Crippen LogP contribution in [0.2, 0.25) is 0 Å². The van der Waals surface area contributed by atoms with Crippen LogP contribution < -0.4 is 10.6 Å². The number of piperidine rings is 1. The highest BCUT2D eigenvalue weighted by atomic mass is 16.4. The number of carboxylic acid groups (broad SMARTS) is 1. The minimum absolute atomic E-state index is 0.0645. The molecule has 0 bridgehead atoms. The van der Waals surface area contributed by atoms with Gasteiger partial charge in [0.25, 0.3) is 0 Å². The number of carbonyl (C=O) groups excluding carboxylic acids is 1. The van der Waals surface area contributed by atoms with Crippen molar-refractivity contribution < 1.29 is 14.7 Å². The van der Waals surface area contributed by atoms with E-state index in [-0.39, 0.29) is 11.9 Å². The van der Waals surface area contributed by atoms with E-state index in [1.807, 2.05) is 0 Å². The number of likely N-dealkylation sites (tertiary alicyclic amines) is 1. The number of rotatable bonds is 6. The monoisotopic (exact) mass is 297 g/mol. The van der Waals surface area contributed by atoms with E-state index in [0.717, 1.165) is 32.4 Å². The van der Waals surface area contributed by atoms with Gasteiger partial charge in [-0.1, -0.05) is 0 Å². The SMILES string of the molecule is CN1CCC(CCNC(=O)NC(C)(C(=O)O)C2CC2)CC1. The summed E-state index contributed by atoms with van der Waals surface area (Å²) in [6, 6.07) is -0.361. The minimum Gasteiger partial charge on any atom is -0.480 e. The molecular weight excluding hydrogens is 270 g/mol. The molecule has 2 fully saturated rings. The smallest absolute Gasteiger partial charge is 0.329 e. The summed E-state index contributed by atoms with van der Waals surface area (Å²) in [5.74, 6) is -0.221. The third-order valence-electron chi connectivity index (χ3n) is 4.89. The molecule has 1 atom stereocenters. The molecule has 21 heavy (non-hydrogen) atoms. The normalized spacial score (nSPS) is 23.3. The fourth-order valence-electron chi connectivity index (χ4n) is 3.01. The number of urea groups is 1. The summed E-state index contributed by atoms with van der Waals surface area (Å²) in [6.07, 6.45) is 5.06. The Morgan fingerprint density at radius 1 is 1.24 bits per heavy atom. The van der Waals surface area contributed by atoms with E-state index in [4.69, 9.17) is 0 Å². The van der Waals surface area contributed by atoms with Crippen molar-refractivity contribution >= 4 is 12.0 Å². The van der Waals surface area contributed by atoms with E-state index in [0.29, 0.717) is 12.5 Å². The molecule has 1 saturated carbocycles. The van der Waals surface area contributed by atoms with Crippen molar-refractivity contribution in [1.29, 1.82) is 0 Å². The molecule has 6 nitrogen and oxygen atoms in total. The maximum absolute atomic E-state index is 11.9. The predicted molar refractivity (Wildman–Crippen MR) is 80.1 cm³/mol. The fraction of sp³-hybridized carbons (Fsp3) is 0.867. The van der Waals surface area contributed by atoms with Gasteiger partial charge >= 0.3 is 12.0 Å². The van der Waals surface area contributed by atoms with Crippen molar-refractivity contribution in [3.05, 3.63) is 0 Å². The molecule has 1 aliphatic heterocycles.